The first-order valence-corrected chi connectivity index (χ1v) is 7.50. The number of benzene rings is 5. The van der Waals surface area contributed by atoms with Crippen LogP contribution in [0.15, 0.2) is 58.1 Å². The highest BCUT2D eigenvalue weighted by Gasteiger charge is 2.18. The van der Waals surface area contributed by atoms with Crippen molar-refractivity contribution in [3.05, 3.63) is 69.0 Å². The minimum absolute atomic E-state index is 0.0560. The van der Waals surface area contributed by atoms with E-state index in [2.05, 4.69) is 0 Å². The summed E-state index contributed by atoms with van der Waals surface area (Å²) in [5.41, 5.74) is -0.487. The Bertz CT molecular complexity index is 1270. The van der Waals surface area contributed by atoms with Crippen LogP contribution in [-0.2, 0) is 0 Å². The van der Waals surface area contributed by atoms with E-state index in [0.717, 1.165) is 21.5 Å². The lowest BCUT2D eigenvalue weighted by Crippen LogP contribution is -2.03. The van der Waals surface area contributed by atoms with Crippen LogP contribution >= 0.6 is 0 Å². The van der Waals surface area contributed by atoms with E-state index in [9.17, 15) is 19.8 Å². The van der Waals surface area contributed by atoms with Crippen LogP contribution in [0.3, 0.4) is 0 Å². The fraction of sp³-hybridized carbons (Fsp3) is 0. The molecule has 0 aliphatic heterocycles. The molecule has 2 N–H and O–H groups in total. The minimum atomic E-state index is -0.244. The number of phenols is 2. The van der Waals surface area contributed by atoms with Crippen molar-refractivity contribution >= 4 is 43.1 Å². The Morgan fingerprint density at radius 1 is 0.458 bits per heavy atom. The van der Waals surface area contributed by atoms with E-state index in [0.29, 0.717) is 10.8 Å². The van der Waals surface area contributed by atoms with E-state index < -0.39 is 0 Å². The van der Waals surface area contributed by atoms with Crippen LogP contribution in [0.5, 0.6) is 11.5 Å². The fourth-order valence-corrected chi connectivity index (χ4v) is 3.79. The van der Waals surface area contributed by atoms with Crippen molar-refractivity contribution in [2.75, 3.05) is 0 Å². The van der Waals surface area contributed by atoms with E-state index in [-0.39, 0.29) is 33.1 Å². The summed E-state index contributed by atoms with van der Waals surface area (Å²) in [6, 6.07) is 12.7. The predicted molar refractivity (Wildman–Crippen MR) is 94.7 cm³/mol. The van der Waals surface area contributed by atoms with Crippen molar-refractivity contribution in [2.45, 2.75) is 0 Å². The summed E-state index contributed by atoms with van der Waals surface area (Å²) >= 11 is 0. The summed E-state index contributed by atoms with van der Waals surface area (Å²) in [6.07, 6.45) is 0. The Morgan fingerprint density at radius 2 is 0.792 bits per heavy atom. The first-order valence-electron chi connectivity index (χ1n) is 7.50. The van der Waals surface area contributed by atoms with Gasteiger partial charge in [0, 0.05) is 10.8 Å². The van der Waals surface area contributed by atoms with Crippen LogP contribution in [0.1, 0.15) is 0 Å². The van der Waals surface area contributed by atoms with Crippen molar-refractivity contribution in [1.82, 2.24) is 0 Å². The molecular formula is C20H10O4. The Hall–Kier alpha value is -3.40. The van der Waals surface area contributed by atoms with Gasteiger partial charge in [-0.25, -0.2) is 0 Å². The van der Waals surface area contributed by atoms with Gasteiger partial charge in [0.2, 0.25) is 0 Å². The molecule has 4 heteroatoms. The summed E-state index contributed by atoms with van der Waals surface area (Å²) in [6.45, 7) is 0. The summed E-state index contributed by atoms with van der Waals surface area (Å²) in [5.74, 6) is -0.112. The molecule has 0 spiro atoms. The largest absolute Gasteiger partial charge is 0.507 e. The predicted octanol–water partition coefficient (Wildman–Crippen LogP) is 3.31. The number of phenolic OH excluding ortho intramolecular Hbond substituents is 2. The van der Waals surface area contributed by atoms with E-state index >= 15 is 0 Å². The van der Waals surface area contributed by atoms with E-state index in [1.165, 1.54) is 24.3 Å². The molecular weight excluding hydrogens is 304 g/mol. The van der Waals surface area contributed by atoms with Gasteiger partial charge in [0.25, 0.3) is 0 Å². The molecule has 5 aromatic carbocycles. The van der Waals surface area contributed by atoms with Crippen molar-refractivity contribution < 1.29 is 10.2 Å². The smallest absolute Gasteiger partial charge is 0.190 e. The zero-order valence-corrected chi connectivity index (χ0v) is 12.3. The molecule has 0 saturated carbocycles. The molecule has 24 heavy (non-hydrogen) atoms. The molecule has 0 aliphatic rings. The summed E-state index contributed by atoms with van der Waals surface area (Å²) in [4.78, 5) is 24.5. The third-order valence-corrected chi connectivity index (χ3v) is 4.78. The van der Waals surface area contributed by atoms with Gasteiger partial charge in [-0.05, 0) is 57.9 Å². The molecule has 0 bridgehead atoms. The van der Waals surface area contributed by atoms with Crippen LogP contribution in [0, 0.1) is 0 Å². The highest BCUT2D eigenvalue weighted by atomic mass is 16.3. The normalized spacial score (nSPS) is 12.0. The Kier molecular flexibility index (Phi) is 2.24. The van der Waals surface area contributed by atoms with Gasteiger partial charge in [0.1, 0.15) is 11.5 Å². The molecule has 0 fully saturated rings. The summed E-state index contributed by atoms with van der Waals surface area (Å²) < 4.78 is 0. The molecule has 0 amide bonds. The van der Waals surface area contributed by atoms with Crippen LogP contribution in [0.4, 0.5) is 0 Å². The van der Waals surface area contributed by atoms with Crippen LogP contribution in [-0.4, -0.2) is 10.2 Å². The third kappa shape index (κ3) is 1.38. The van der Waals surface area contributed by atoms with Crippen molar-refractivity contribution in [1.29, 1.82) is 0 Å². The van der Waals surface area contributed by atoms with Gasteiger partial charge in [-0.15, -0.1) is 0 Å². The quantitative estimate of drug-likeness (QED) is 0.340. The van der Waals surface area contributed by atoms with Gasteiger partial charge in [-0.3, -0.25) is 9.59 Å². The number of rotatable bonds is 0. The minimum Gasteiger partial charge on any atom is -0.507 e. The molecule has 0 atom stereocenters. The maximum atomic E-state index is 12.3. The van der Waals surface area contributed by atoms with Gasteiger partial charge >= 0.3 is 0 Å². The van der Waals surface area contributed by atoms with Gasteiger partial charge in [0.15, 0.2) is 10.9 Å². The lowest BCUT2D eigenvalue weighted by molar-refractivity contribution is 0.481. The second kappa shape index (κ2) is 4.11. The van der Waals surface area contributed by atoms with E-state index in [4.69, 9.17) is 0 Å². The lowest BCUT2D eigenvalue weighted by atomic mass is 9.89. The number of fused-ring (bicyclic) bond motifs is 2. The first-order chi connectivity index (χ1) is 11.6. The molecule has 0 saturated heterocycles. The van der Waals surface area contributed by atoms with Crippen LogP contribution in [0.2, 0.25) is 0 Å². The molecule has 0 aromatic heterocycles. The van der Waals surface area contributed by atoms with Gasteiger partial charge in [-0.2, -0.15) is 0 Å². The fourth-order valence-electron chi connectivity index (χ4n) is 3.79. The zero-order chi connectivity index (χ0) is 16.6. The monoisotopic (exact) mass is 314 g/mol. The Balaban J connectivity index is 2.31. The second-order valence-electron chi connectivity index (χ2n) is 5.99. The van der Waals surface area contributed by atoms with Crippen molar-refractivity contribution in [2.24, 2.45) is 0 Å². The zero-order valence-electron chi connectivity index (χ0n) is 12.3. The topological polar surface area (TPSA) is 74.6 Å². The molecule has 114 valence electrons. The standard InChI is InChI=1S/C20H10O4/c21-13-5-1-9-10-2-6-15(23)20-16(24)8-4-12(18(10)20)11-3-7-14(22)19(13)17(9)11/h1-8,21,24H. The average Bonchev–Trinajstić information content (AvgIpc) is 2.57. The van der Waals surface area contributed by atoms with Crippen molar-refractivity contribution in [3.63, 3.8) is 0 Å². The molecule has 0 unspecified atom stereocenters. The number of hydrogen-bond acceptors (Lipinski definition) is 4. The summed E-state index contributed by atoms with van der Waals surface area (Å²) in [5, 5.41) is 25.4. The molecule has 0 radical (unpaired) electrons. The highest BCUT2D eigenvalue weighted by Crippen LogP contribution is 2.42. The summed E-state index contributed by atoms with van der Waals surface area (Å²) in [7, 11) is 0. The maximum Gasteiger partial charge on any atom is 0.190 e. The molecule has 4 nitrogen and oxygen atoms in total. The van der Waals surface area contributed by atoms with Gasteiger partial charge in [-0.1, -0.05) is 12.1 Å². The van der Waals surface area contributed by atoms with Crippen molar-refractivity contribution in [3.8, 4) is 11.5 Å². The van der Waals surface area contributed by atoms with E-state index in [1.54, 1.807) is 24.3 Å². The molecule has 5 rings (SSSR count). The maximum absolute atomic E-state index is 12.3. The Labute approximate surface area is 134 Å². The van der Waals surface area contributed by atoms with Crippen LogP contribution < -0.4 is 10.9 Å². The average molecular weight is 314 g/mol. The molecule has 0 heterocycles. The molecule has 5 aromatic rings. The van der Waals surface area contributed by atoms with Gasteiger partial charge < -0.3 is 10.2 Å². The Morgan fingerprint density at radius 3 is 1.17 bits per heavy atom. The lowest BCUT2D eigenvalue weighted by Gasteiger charge is -2.14. The van der Waals surface area contributed by atoms with Gasteiger partial charge in [0.05, 0.1) is 10.8 Å². The van der Waals surface area contributed by atoms with E-state index in [1.807, 2.05) is 0 Å². The SMILES string of the molecule is O=c1ccc2c3ccc(O)c4c(=O)ccc(c5ccc(O)c1c52)c43. The molecule has 0 aliphatic carbocycles. The number of aromatic hydroxyl groups is 2. The second-order valence-corrected chi connectivity index (χ2v) is 5.99. The first kappa shape index (κ1) is 13.1. The number of hydrogen-bond donors (Lipinski definition) is 2. The van der Waals surface area contributed by atoms with Crippen LogP contribution in [0.25, 0.3) is 43.1 Å². The third-order valence-electron chi connectivity index (χ3n) is 4.78. The highest BCUT2D eigenvalue weighted by molar-refractivity contribution is 6.33.